The SMILES string of the molecule is CN1CC=C(c2cn(C(=O)c3ccc(F)cc3)c3ccc(OC(F)(F)F)cc23)CC1. The van der Waals surface area contributed by atoms with Gasteiger partial charge in [-0.2, -0.15) is 0 Å². The van der Waals surface area contributed by atoms with Gasteiger partial charge in [0, 0.05) is 35.8 Å². The number of fused-ring (bicyclic) bond motifs is 1. The maximum absolute atomic E-state index is 13.2. The Morgan fingerprint density at radius 1 is 1.10 bits per heavy atom. The van der Waals surface area contributed by atoms with Gasteiger partial charge < -0.3 is 9.64 Å². The second-order valence-corrected chi connectivity index (χ2v) is 7.19. The molecule has 0 bridgehead atoms. The lowest BCUT2D eigenvalue weighted by Crippen LogP contribution is -2.23. The highest BCUT2D eigenvalue weighted by atomic mass is 19.4. The highest BCUT2D eigenvalue weighted by Crippen LogP contribution is 2.35. The van der Waals surface area contributed by atoms with Gasteiger partial charge in [0.05, 0.1) is 5.52 Å². The van der Waals surface area contributed by atoms with E-state index in [9.17, 15) is 22.4 Å². The van der Waals surface area contributed by atoms with Crippen molar-refractivity contribution in [2.75, 3.05) is 20.1 Å². The number of alkyl halides is 3. The van der Waals surface area contributed by atoms with Gasteiger partial charge in [0.2, 0.25) is 0 Å². The minimum Gasteiger partial charge on any atom is -0.406 e. The third-order valence-electron chi connectivity index (χ3n) is 5.08. The third kappa shape index (κ3) is 4.09. The molecule has 30 heavy (non-hydrogen) atoms. The van der Waals surface area contributed by atoms with Crippen molar-refractivity contribution >= 4 is 22.4 Å². The molecule has 0 saturated carbocycles. The van der Waals surface area contributed by atoms with Gasteiger partial charge in [-0.15, -0.1) is 13.2 Å². The van der Waals surface area contributed by atoms with Gasteiger partial charge in [0.15, 0.2) is 0 Å². The summed E-state index contributed by atoms with van der Waals surface area (Å²) in [5, 5.41) is 0.489. The van der Waals surface area contributed by atoms with Crippen LogP contribution in [0.5, 0.6) is 5.75 Å². The molecule has 4 rings (SSSR count). The first-order valence-corrected chi connectivity index (χ1v) is 9.30. The summed E-state index contributed by atoms with van der Waals surface area (Å²) in [7, 11) is 1.98. The molecule has 2 heterocycles. The molecule has 1 aliphatic heterocycles. The van der Waals surface area contributed by atoms with Crippen LogP contribution in [0.3, 0.4) is 0 Å². The molecule has 0 aliphatic carbocycles. The highest BCUT2D eigenvalue weighted by molar-refractivity contribution is 6.05. The van der Waals surface area contributed by atoms with Gasteiger partial charge in [0.25, 0.3) is 5.91 Å². The molecular formula is C22H18F4N2O2. The lowest BCUT2D eigenvalue weighted by molar-refractivity contribution is -0.274. The summed E-state index contributed by atoms with van der Waals surface area (Å²) in [4.78, 5) is 15.2. The number of hydrogen-bond acceptors (Lipinski definition) is 3. The molecule has 1 aliphatic rings. The number of hydrogen-bond donors (Lipinski definition) is 0. The van der Waals surface area contributed by atoms with Crippen molar-refractivity contribution in [2.45, 2.75) is 12.8 Å². The molecule has 0 radical (unpaired) electrons. The molecule has 1 aromatic heterocycles. The topological polar surface area (TPSA) is 34.5 Å². The second-order valence-electron chi connectivity index (χ2n) is 7.19. The molecule has 2 aromatic carbocycles. The Bertz CT molecular complexity index is 1130. The Morgan fingerprint density at radius 3 is 2.47 bits per heavy atom. The van der Waals surface area contributed by atoms with E-state index in [2.05, 4.69) is 9.64 Å². The van der Waals surface area contributed by atoms with Crippen LogP contribution in [0.25, 0.3) is 16.5 Å². The van der Waals surface area contributed by atoms with Gasteiger partial charge in [-0.1, -0.05) is 6.08 Å². The smallest absolute Gasteiger partial charge is 0.406 e. The molecule has 0 saturated heterocycles. The molecule has 8 heteroatoms. The Kier molecular flexibility index (Phi) is 5.11. The van der Waals surface area contributed by atoms with Crippen LogP contribution < -0.4 is 4.74 Å². The normalized spacial score (nSPS) is 15.3. The highest BCUT2D eigenvalue weighted by Gasteiger charge is 2.31. The first-order valence-electron chi connectivity index (χ1n) is 9.30. The van der Waals surface area contributed by atoms with Crippen molar-refractivity contribution in [3.8, 4) is 5.75 Å². The van der Waals surface area contributed by atoms with Gasteiger partial charge in [-0.3, -0.25) is 9.36 Å². The van der Waals surface area contributed by atoms with E-state index in [1.165, 1.54) is 47.0 Å². The monoisotopic (exact) mass is 418 g/mol. The van der Waals surface area contributed by atoms with Gasteiger partial charge in [0.1, 0.15) is 11.6 Å². The molecule has 156 valence electrons. The maximum Gasteiger partial charge on any atom is 0.573 e. The van der Waals surface area contributed by atoms with Crippen molar-refractivity contribution in [1.29, 1.82) is 0 Å². The van der Waals surface area contributed by atoms with Crippen molar-refractivity contribution in [2.24, 2.45) is 0 Å². The number of aromatic nitrogens is 1. The maximum atomic E-state index is 13.2. The number of halogens is 4. The third-order valence-corrected chi connectivity index (χ3v) is 5.08. The minimum absolute atomic E-state index is 0.271. The van der Waals surface area contributed by atoms with Crippen molar-refractivity contribution in [3.63, 3.8) is 0 Å². The fourth-order valence-electron chi connectivity index (χ4n) is 3.58. The van der Waals surface area contributed by atoms with Crippen LogP contribution in [0.4, 0.5) is 17.6 Å². The lowest BCUT2D eigenvalue weighted by Gasteiger charge is -2.21. The molecule has 0 atom stereocenters. The minimum atomic E-state index is -4.81. The Labute approximate surface area is 170 Å². The van der Waals surface area contributed by atoms with Crippen molar-refractivity contribution < 1.29 is 27.1 Å². The summed E-state index contributed by atoms with van der Waals surface area (Å²) >= 11 is 0. The number of nitrogens with zero attached hydrogens (tertiary/aromatic N) is 2. The quantitative estimate of drug-likeness (QED) is 0.556. The predicted octanol–water partition coefficient (Wildman–Crippen LogP) is 5.09. The van der Waals surface area contributed by atoms with E-state index < -0.39 is 18.1 Å². The molecule has 3 aromatic rings. The zero-order valence-electron chi connectivity index (χ0n) is 16.0. The Balaban J connectivity index is 1.84. The molecule has 0 unspecified atom stereocenters. The largest absolute Gasteiger partial charge is 0.573 e. The summed E-state index contributed by atoms with van der Waals surface area (Å²) in [6.45, 7) is 1.50. The molecule has 0 N–H and O–H groups in total. The zero-order valence-corrected chi connectivity index (χ0v) is 16.0. The molecule has 0 amide bonds. The summed E-state index contributed by atoms with van der Waals surface area (Å²) in [5.74, 6) is -1.21. The fraction of sp³-hybridized carbons (Fsp3) is 0.227. The average molecular weight is 418 g/mol. The van der Waals surface area contributed by atoms with E-state index >= 15 is 0 Å². The van der Waals surface area contributed by atoms with E-state index in [-0.39, 0.29) is 11.3 Å². The van der Waals surface area contributed by atoms with E-state index in [1.54, 1.807) is 6.20 Å². The Morgan fingerprint density at radius 2 is 1.83 bits per heavy atom. The van der Waals surface area contributed by atoms with E-state index in [1.807, 2.05) is 13.1 Å². The van der Waals surface area contributed by atoms with Crippen LogP contribution in [0, 0.1) is 5.82 Å². The van der Waals surface area contributed by atoms with E-state index in [0.29, 0.717) is 29.4 Å². The fourth-order valence-corrected chi connectivity index (χ4v) is 3.58. The Hall–Kier alpha value is -3.13. The van der Waals surface area contributed by atoms with Crippen LogP contribution in [-0.2, 0) is 0 Å². The van der Waals surface area contributed by atoms with Crippen LogP contribution in [0.1, 0.15) is 22.3 Å². The van der Waals surface area contributed by atoms with Gasteiger partial charge in [-0.25, -0.2) is 4.39 Å². The van der Waals surface area contributed by atoms with Crippen molar-refractivity contribution in [1.82, 2.24) is 9.47 Å². The van der Waals surface area contributed by atoms with E-state index in [4.69, 9.17) is 0 Å². The van der Waals surface area contributed by atoms with Crippen molar-refractivity contribution in [3.05, 3.63) is 71.7 Å². The van der Waals surface area contributed by atoms with E-state index in [0.717, 1.165) is 12.1 Å². The summed E-state index contributed by atoms with van der Waals surface area (Å²) in [6.07, 6.45) is -0.481. The average Bonchev–Trinajstić information content (AvgIpc) is 3.06. The first kappa shape index (κ1) is 20.2. The second kappa shape index (κ2) is 7.60. The van der Waals surface area contributed by atoms with Crippen LogP contribution in [0.2, 0.25) is 0 Å². The standard InChI is InChI=1S/C22H18F4N2O2/c1-27-10-8-14(9-11-27)19-13-28(21(29)15-2-4-16(23)5-3-15)20-7-6-17(12-18(19)20)30-22(24,25)26/h2-8,12-13H,9-11H2,1H3. The summed E-state index contributed by atoms with van der Waals surface area (Å²) < 4.78 is 56.8. The zero-order chi connectivity index (χ0) is 21.5. The number of carbonyl (C=O) groups is 1. The summed E-state index contributed by atoms with van der Waals surface area (Å²) in [5.41, 5.74) is 2.36. The number of likely N-dealkylation sites (N-methyl/N-ethyl adjacent to an activating group) is 1. The number of benzene rings is 2. The molecule has 4 nitrogen and oxygen atoms in total. The number of rotatable bonds is 3. The van der Waals surface area contributed by atoms with Gasteiger partial charge in [-0.05, 0) is 61.5 Å². The van der Waals surface area contributed by atoms with Gasteiger partial charge >= 0.3 is 6.36 Å². The van der Waals surface area contributed by atoms with Crippen LogP contribution in [0.15, 0.2) is 54.7 Å². The first-order chi connectivity index (χ1) is 14.2. The predicted molar refractivity (Wildman–Crippen MR) is 105 cm³/mol. The molecule has 0 spiro atoms. The summed E-state index contributed by atoms with van der Waals surface area (Å²) in [6, 6.07) is 9.03. The van der Waals surface area contributed by atoms with Crippen LogP contribution >= 0.6 is 0 Å². The van der Waals surface area contributed by atoms with Crippen LogP contribution in [-0.4, -0.2) is 41.9 Å². The molecule has 0 fully saturated rings. The number of ether oxygens (including phenoxy) is 1. The molecular weight excluding hydrogens is 400 g/mol. The lowest BCUT2D eigenvalue weighted by atomic mass is 9.99. The number of carbonyl (C=O) groups excluding carboxylic acids is 1.